The lowest BCUT2D eigenvalue weighted by Gasteiger charge is -2.08. The number of nitrogens with one attached hydrogen (secondary N) is 3. The number of carbonyl (C=O) groups is 2. The van der Waals surface area contributed by atoms with Crippen LogP contribution in [0.15, 0.2) is 22.7 Å². The van der Waals surface area contributed by atoms with E-state index in [1.807, 2.05) is 0 Å². The standard InChI is InChI=1S/C11H13BrFN3O2/c1-2-14-11(18)16-10(17)6-15-9-4-3-7(12)5-8(9)13/h3-5,15H,2,6H2,1H3,(H2,14,16,17,18). The van der Waals surface area contributed by atoms with Gasteiger partial charge in [-0.15, -0.1) is 0 Å². The summed E-state index contributed by atoms with van der Waals surface area (Å²) in [7, 11) is 0. The number of anilines is 1. The van der Waals surface area contributed by atoms with Crippen molar-refractivity contribution >= 4 is 33.6 Å². The number of hydrogen-bond acceptors (Lipinski definition) is 3. The van der Waals surface area contributed by atoms with Crippen LogP contribution in [-0.2, 0) is 4.79 Å². The molecule has 0 aliphatic carbocycles. The molecular weight excluding hydrogens is 305 g/mol. The van der Waals surface area contributed by atoms with Crippen LogP contribution >= 0.6 is 15.9 Å². The topological polar surface area (TPSA) is 70.2 Å². The van der Waals surface area contributed by atoms with Gasteiger partial charge in [-0.05, 0) is 25.1 Å². The Morgan fingerprint density at radius 3 is 2.72 bits per heavy atom. The predicted octanol–water partition coefficient (Wildman–Crippen LogP) is 1.85. The van der Waals surface area contributed by atoms with Gasteiger partial charge in [-0.25, -0.2) is 9.18 Å². The smallest absolute Gasteiger partial charge is 0.321 e. The molecule has 3 N–H and O–H groups in total. The van der Waals surface area contributed by atoms with Crippen molar-refractivity contribution in [1.82, 2.24) is 10.6 Å². The molecule has 0 saturated carbocycles. The minimum Gasteiger partial charge on any atom is -0.374 e. The van der Waals surface area contributed by atoms with Gasteiger partial charge in [0.25, 0.3) is 0 Å². The number of benzene rings is 1. The number of halogens is 2. The number of imide groups is 1. The Morgan fingerprint density at radius 2 is 2.11 bits per heavy atom. The van der Waals surface area contributed by atoms with E-state index >= 15 is 0 Å². The van der Waals surface area contributed by atoms with Gasteiger partial charge in [0.15, 0.2) is 0 Å². The first-order chi connectivity index (χ1) is 8.52. The Bertz CT molecular complexity index is 454. The first-order valence-electron chi connectivity index (χ1n) is 5.29. The summed E-state index contributed by atoms with van der Waals surface area (Å²) in [6, 6.07) is 3.86. The average molecular weight is 318 g/mol. The third kappa shape index (κ3) is 4.70. The largest absolute Gasteiger partial charge is 0.374 e. The van der Waals surface area contributed by atoms with Crippen molar-refractivity contribution in [2.75, 3.05) is 18.4 Å². The van der Waals surface area contributed by atoms with Crippen molar-refractivity contribution in [3.8, 4) is 0 Å². The molecule has 7 heteroatoms. The van der Waals surface area contributed by atoms with Gasteiger partial charge in [0, 0.05) is 11.0 Å². The number of hydrogen-bond donors (Lipinski definition) is 3. The van der Waals surface area contributed by atoms with Crippen LogP contribution in [0.25, 0.3) is 0 Å². The molecule has 0 atom stereocenters. The van der Waals surface area contributed by atoms with Crippen LogP contribution in [0.5, 0.6) is 0 Å². The van der Waals surface area contributed by atoms with Gasteiger partial charge in [-0.3, -0.25) is 10.1 Å². The van der Waals surface area contributed by atoms with Crippen molar-refractivity contribution in [2.45, 2.75) is 6.92 Å². The van der Waals surface area contributed by atoms with E-state index < -0.39 is 17.8 Å². The number of rotatable bonds is 4. The van der Waals surface area contributed by atoms with Gasteiger partial charge in [-0.2, -0.15) is 0 Å². The van der Waals surface area contributed by atoms with Crippen molar-refractivity contribution in [2.24, 2.45) is 0 Å². The monoisotopic (exact) mass is 317 g/mol. The highest BCUT2D eigenvalue weighted by molar-refractivity contribution is 9.10. The molecule has 0 spiro atoms. The minimum absolute atomic E-state index is 0.185. The highest BCUT2D eigenvalue weighted by atomic mass is 79.9. The second-order valence-electron chi connectivity index (χ2n) is 3.39. The zero-order valence-electron chi connectivity index (χ0n) is 9.72. The van der Waals surface area contributed by atoms with E-state index in [1.54, 1.807) is 13.0 Å². The molecule has 0 aliphatic heterocycles. The van der Waals surface area contributed by atoms with Crippen LogP contribution in [0.2, 0.25) is 0 Å². The summed E-state index contributed by atoms with van der Waals surface area (Å²) in [6.45, 7) is 1.98. The van der Waals surface area contributed by atoms with Crippen molar-refractivity contribution in [3.63, 3.8) is 0 Å². The number of amides is 3. The summed E-state index contributed by atoms with van der Waals surface area (Å²) in [5.41, 5.74) is 0.198. The van der Waals surface area contributed by atoms with E-state index in [0.29, 0.717) is 11.0 Å². The summed E-state index contributed by atoms with van der Waals surface area (Å²) in [5, 5.41) is 7.11. The maximum atomic E-state index is 13.4. The molecule has 1 rings (SSSR count). The van der Waals surface area contributed by atoms with Gasteiger partial charge in [-0.1, -0.05) is 15.9 Å². The Morgan fingerprint density at radius 1 is 1.39 bits per heavy atom. The van der Waals surface area contributed by atoms with Crippen LogP contribution in [0, 0.1) is 5.82 Å². The molecule has 0 aromatic heterocycles. The minimum atomic E-state index is -0.569. The van der Waals surface area contributed by atoms with Crippen LogP contribution in [-0.4, -0.2) is 25.0 Å². The molecule has 1 aromatic rings. The molecule has 0 bridgehead atoms. The lowest BCUT2D eigenvalue weighted by atomic mass is 10.3. The van der Waals surface area contributed by atoms with E-state index in [4.69, 9.17) is 0 Å². The van der Waals surface area contributed by atoms with Crippen LogP contribution in [0.1, 0.15) is 6.92 Å². The Hall–Kier alpha value is -1.63. The summed E-state index contributed by atoms with van der Waals surface area (Å²) in [5.74, 6) is -1.02. The fourth-order valence-corrected chi connectivity index (χ4v) is 1.52. The molecule has 0 unspecified atom stereocenters. The van der Waals surface area contributed by atoms with Gasteiger partial charge < -0.3 is 10.6 Å². The van der Waals surface area contributed by atoms with E-state index in [1.165, 1.54) is 12.1 Å². The summed E-state index contributed by atoms with van der Waals surface area (Å²) < 4.78 is 14.0. The second kappa shape index (κ2) is 6.95. The van der Waals surface area contributed by atoms with E-state index in [0.717, 1.165) is 0 Å². The molecule has 1 aromatic carbocycles. The van der Waals surface area contributed by atoms with Crippen LogP contribution in [0.3, 0.4) is 0 Å². The Kier molecular flexibility index (Phi) is 5.57. The zero-order chi connectivity index (χ0) is 13.5. The average Bonchev–Trinajstić information content (AvgIpc) is 2.28. The van der Waals surface area contributed by atoms with Gasteiger partial charge in [0.05, 0.1) is 12.2 Å². The lowest BCUT2D eigenvalue weighted by molar-refractivity contribution is -0.118. The molecule has 0 heterocycles. The predicted molar refractivity (Wildman–Crippen MR) is 69.8 cm³/mol. The molecule has 18 heavy (non-hydrogen) atoms. The number of carbonyl (C=O) groups excluding carboxylic acids is 2. The molecule has 0 aliphatic rings. The second-order valence-corrected chi connectivity index (χ2v) is 4.30. The molecular formula is C11H13BrFN3O2. The summed E-state index contributed by atoms with van der Waals surface area (Å²) in [4.78, 5) is 22.3. The summed E-state index contributed by atoms with van der Waals surface area (Å²) in [6.07, 6.45) is 0. The third-order valence-corrected chi connectivity index (χ3v) is 2.45. The molecule has 5 nitrogen and oxygen atoms in total. The Labute approximate surface area is 112 Å². The van der Waals surface area contributed by atoms with Crippen molar-refractivity contribution in [1.29, 1.82) is 0 Å². The highest BCUT2D eigenvalue weighted by Crippen LogP contribution is 2.18. The molecule has 0 saturated heterocycles. The van der Waals surface area contributed by atoms with Gasteiger partial charge >= 0.3 is 6.03 Å². The van der Waals surface area contributed by atoms with E-state index in [-0.39, 0.29) is 12.2 Å². The molecule has 3 amide bonds. The van der Waals surface area contributed by atoms with E-state index in [9.17, 15) is 14.0 Å². The molecule has 0 fully saturated rings. The maximum absolute atomic E-state index is 13.4. The zero-order valence-corrected chi connectivity index (χ0v) is 11.3. The first-order valence-corrected chi connectivity index (χ1v) is 6.09. The van der Waals surface area contributed by atoms with Crippen molar-refractivity contribution in [3.05, 3.63) is 28.5 Å². The quantitative estimate of drug-likeness (QED) is 0.793. The molecule has 0 radical (unpaired) electrons. The van der Waals surface area contributed by atoms with Crippen LogP contribution < -0.4 is 16.0 Å². The van der Waals surface area contributed by atoms with Crippen molar-refractivity contribution < 1.29 is 14.0 Å². The van der Waals surface area contributed by atoms with E-state index in [2.05, 4.69) is 31.9 Å². The third-order valence-electron chi connectivity index (χ3n) is 1.96. The SMILES string of the molecule is CCNC(=O)NC(=O)CNc1ccc(Br)cc1F. The number of urea groups is 1. The lowest BCUT2D eigenvalue weighted by Crippen LogP contribution is -2.41. The maximum Gasteiger partial charge on any atom is 0.321 e. The van der Waals surface area contributed by atoms with Gasteiger partial charge in [0.2, 0.25) is 5.91 Å². The fourth-order valence-electron chi connectivity index (χ4n) is 1.18. The van der Waals surface area contributed by atoms with Crippen LogP contribution in [0.4, 0.5) is 14.9 Å². The normalized spacial score (nSPS) is 9.72. The highest BCUT2D eigenvalue weighted by Gasteiger charge is 2.08. The first kappa shape index (κ1) is 14.4. The van der Waals surface area contributed by atoms with Gasteiger partial charge in [0.1, 0.15) is 5.82 Å². The Balaban J connectivity index is 2.45. The summed E-state index contributed by atoms with van der Waals surface area (Å²) >= 11 is 3.13. The molecule has 98 valence electrons. The fraction of sp³-hybridized carbons (Fsp3) is 0.273.